The van der Waals surface area contributed by atoms with Crippen LogP contribution in [0.15, 0.2) is 41.2 Å². The number of nitrogens with zero attached hydrogens (tertiary/aromatic N) is 4. The average molecular weight is 345 g/mol. The van der Waals surface area contributed by atoms with E-state index >= 15 is 0 Å². The lowest BCUT2D eigenvalue weighted by Gasteiger charge is -2.34. The third-order valence-corrected chi connectivity index (χ3v) is 4.20. The Balaban J connectivity index is 1.60. The summed E-state index contributed by atoms with van der Waals surface area (Å²) >= 11 is 0. The van der Waals surface area contributed by atoms with E-state index in [1.807, 2.05) is 18.2 Å². The number of amides is 2. The van der Waals surface area contributed by atoms with Crippen molar-refractivity contribution in [3.8, 4) is 0 Å². The fourth-order valence-corrected chi connectivity index (χ4v) is 2.84. The number of rotatable bonds is 6. The zero-order valence-electron chi connectivity index (χ0n) is 14.3. The Morgan fingerprint density at radius 3 is 2.88 bits per heavy atom. The highest BCUT2D eigenvalue weighted by Crippen LogP contribution is 2.19. The van der Waals surface area contributed by atoms with E-state index in [-0.39, 0.29) is 12.1 Å². The van der Waals surface area contributed by atoms with Crippen LogP contribution in [0, 0.1) is 0 Å². The van der Waals surface area contributed by atoms with Crippen LogP contribution in [0.3, 0.4) is 0 Å². The second-order valence-electron chi connectivity index (χ2n) is 5.95. The Bertz CT molecular complexity index is 644. The van der Waals surface area contributed by atoms with Crippen LogP contribution in [-0.2, 0) is 11.3 Å². The van der Waals surface area contributed by atoms with E-state index in [4.69, 9.17) is 9.26 Å². The van der Waals surface area contributed by atoms with Crippen molar-refractivity contribution in [3.63, 3.8) is 0 Å². The molecule has 2 aromatic rings. The summed E-state index contributed by atoms with van der Waals surface area (Å²) in [6, 6.07) is 7.46. The van der Waals surface area contributed by atoms with Gasteiger partial charge in [0, 0.05) is 38.9 Å². The normalized spacial score (nSPS) is 16.4. The topological polar surface area (TPSA) is 83.7 Å². The summed E-state index contributed by atoms with van der Waals surface area (Å²) < 4.78 is 10.2. The van der Waals surface area contributed by atoms with Gasteiger partial charge in [0.25, 0.3) is 0 Å². The van der Waals surface area contributed by atoms with Crippen molar-refractivity contribution in [1.29, 1.82) is 0 Å². The van der Waals surface area contributed by atoms with E-state index in [2.05, 4.69) is 20.4 Å². The number of pyridine rings is 1. The number of hydrogen-bond acceptors (Lipinski definition) is 6. The van der Waals surface area contributed by atoms with Gasteiger partial charge in [0.15, 0.2) is 0 Å². The van der Waals surface area contributed by atoms with Crippen molar-refractivity contribution >= 4 is 6.03 Å². The maximum Gasteiger partial charge on any atom is 0.317 e. The van der Waals surface area contributed by atoms with E-state index in [1.54, 1.807) is 24.2 Å². The summed E-state index contributed by atoms with van der Waals surface area (Å²) in [5, 5.41) is 6.82. The minimum Gasteiger partial charge on any atom is -0.379 e. The predicted octanol–water partition coefficient (Wildman–Crippen LogP) is 1.28. The van der Waals surface area contributed by atoms with E-state index in [0.29, 0.717) is 32.0 Å². The molecule has 1 saturated heterocycles. The maximum atomic E-state index is 12.4. The highest BCUT2D eigenvalue weighted by molar-refractivity contribution is 5.73. The van der Waals surface area contributed by atoms with Gasteiger partial charge >= 0.3 is 6.03 Å². The summed E-state index contributed by atoms with van der Waals surface area (Å²) in [4.78, 5) is 20.7. The van der Waals surface area contributed by atoms with Crippen LogP contribution < -0.4 is 5.32 Å². The second kappa shape index (κ2) is 8.59. The first-order valence-corrected chi connectivity index (χ1v) is 8.35. The Morgan fingerprint density at radius 2 is 2.20 bits per heavy atom. The lowest BCUT2D eigenvalue weighted by atomic mass is 10.1. The molecule has 0 aliphatic carbocycles. The standard InChI is InChI=1S/C17H23N5O3/c1-21(13-14-5-9-25-20-14)17(23)19-12-16(15-4-2-3-6-18-15)22-7-10-24-11-8-22/h2-6,9,16H,7-8,10-13H2,1H3,(H,19,23). The quantitative estimate of drug-likeness (QED) is 0.849. The van der Waals surface area contributed by atoms with Crippen molar-refractivity contribution in [1.82, 2.24) is 25.3 Å². The summed E-state index contributed by atoms with van der Waals surface area (Å²) in [6.07, 6.45) is 3.28. The predicted molar refractivity (Wildman–Crippen MR) is 90.7 cm³/mol. The Hall–Kier alpha value is -2.45. The van der Waals surface area contributed by atoms with Gasteiger partial charge in [0.05, 0.1) is 31.5 Å². The second-order valence-corrected chi connectivity index (χ2v) is 5.95. The van der Waals surface area contributed by atoms with Crippen molar-refractivity contribution in [3.05, 3.63) is 48.1 Å². The third kappa shape index (κ3) is 4.77. The molecule has 134 valence electrons. The fraction of sp³-hybridized carbons (Fsp3) is 0.471. The number of morpholine rings is 1. The van der Waals surface area contributed by atoms with E-state index in [0.717, 1.165) is 18.8 Å². The maximum absolute atomic E-state index is 12.4. The number of carbonyl (C=O) groups is 1. The van der Waals surface area contributed by atoms with Crippen LogP contribution in [0.1, 0.15) is 17.4 Å². The molecule has 3 rings (SSSR count). The van der Waals surface area contributed by atoms with Crippen molar-refractivity contribution in [2.24, 2.45) is 0 Å². The molecule has 1 aliphatic heterocycles. The van der Waals surface area contributed by atoms with Crippen LogP contribution in [0.5, 0.6) is 0 Å². The molecule has 0 bridgehead atoms. The molecule has 1 N–H and O–H groups in total. The van der Waals surface area contributed by atoms with Gasteiger partial charge < -0.3 is 19.5 Å². The largest absolute Gasteiger partial charge is 0.379 e. The zero-order valence-corrected chi connectivity index (χ0v) is 14.3. The summed E-state index contributed by atoms with van der Waals surface area (Å²) in [5.74, 6) is 0. The molecule has 2 aromatic heterocycles. The summed E-state index contributed by atoms with van der Waals surface area (Å²) in [5.41, 5.74) is 1.66. The van der Waals surface area contributed by atoms with Crippen molar-refractivity contribution in [2.45, 2.75) is 12.6 Å². The number of nitrogens with one attached hydrogen (secondary N) is 1. The molecular formula is C17H23N5O3. The molecular weight excluding hydrogens is 322 g/mol. The van der Waals surface area contributed by atoms with Crippen molar-refractivity contribution in [2.75, 3.05) is 39.9 Å². The van der Waals surface area contributed by atoms with Gasteiger partial charge in [0.1, 0.15) is 12.0 Å². The molecule has 0 radical (unpaired) electrons. The van der Waals surface area contributed by atoms with Gasteiger partial charge in [-0.2, -0.15) is 0 Å². The molecule has 0 aromatic carbocycles. The molecule has 1 atom stereocenters. The third-order valence-electron chi connectivity index (χ3n) is 4.20. The Labute approximate surface area is 146 Å². The van der Waals surface area contributed by atoms with Crippen molar-refractivity contribution < 1.29 is 14.1 Å². The molecule has 8 heteroatoms. The first-order chi connectivity index (χ1) is 12.2. The number of hydrogen-bond donors (Lipinski definition) is 1. The molecule has 1 aliphatic rings. The number of ether oxygens (including phenoxy) is 1. The molecule has 0 saturated carbocycles. The van der Waals surface area contributed by atoms with Gasteiger partial charge in [-0.15, -0.1) is 0 Å². The lowest BCUT2D eigenvalue weighted by molar-refractivity contribution is 0.0156. The summed E-state index contributed by atoms with van der Waals surface area (Å²) in [7, 11) is 1.73. The van der Waals surface area contributed by atoms with E-state index < -0.39 is 0 Å². The van der Waals surface area contributed by atoms with Crippen LogP contribution in [-0.4, -0.2) is 65.9 Å². The van der Waals surface area contributed by atoms with Gasteiger partial charge in [-0.3, -0.25) is 9.88 Å². The van der Waals surface area contributed by atoms with E-state index in [1.165, 1.54) is 6.26 Å². The van der Waals surface area contributed by atoms with Gasteiger partial charge in [-0.1, -0.05) is 11.2 Å². The smallest absolute Gasteiger partial charge is 0.317 e. The monoisotopic (exact) mass is 345 g/mol. The number of urea groups is 1. The number of aromatic nitrogens is 2. The number of carbonyl (C=O) groups excluding carboxylic acids is 1. The Morgan fingerprint density at radius 1 is 1.36 bits per heavy atom. The summed E-state index contributed by atoms with van der Waals surface area (Å²) in [6.45, 7) is 3.93. The van der Waals surface area contributed by atoms with Gasteiger partial charge in [0.2, 0.25) is 0 Å². The molecule has 1 unspecified atom stereocenters. The minimum atomic E-state index is -0.155. The molecule has 25 heavy (non-hydrogen) atoms. The zero-order chi connectivity index (χ0) is 17.5. The first kappa shape index (κ1) is 17.4. The van der Waals surface area contributed by atoms with Crippen LogP contribution >= 0.6 is 0 Å². The lowest BCUT2D eigenvalue weighted by Crippen LogP contribution is -2.46. The van der Waals surface area contributed by atoms with Gasteiger partial charge in [-0.25, -0.2) is 4.79 Å². The highest BCUT2D eigenvalue weighted by atomic mass is 16.5. The van der Waals surface area contributed by atoms with Crippen LogP contribution in [0.2, 0.25) is 0 Å². The van der Waals surface area contributed by atoms with Gasteiger partial charge in [-0.05, 0) is 12.1 Å². The molecule has 8 nitrogen and oxygen atoms in total. The molecule has 3 heterocycles. The first-order valence-electron chi connectivity index (χ1n) is 8.35. The molecule has 2 amide bonds. The van der Waals surface area contributed by atoms with Crippen LogP contribution in [0.4, 0.5) is 4.79 Å². The Kier molecular flexibility index (Phi) is 5.97. The highest BCUT2D eigenvalue weighted by Gasteiger charge is 2.24. The minimum absolute atomic E-state index is 0.0227. The SMILES string of the molecule is CN(Cc1ccon1)C(=O)NCC(c1ccccn1)N1CCOCC1. The molecule has 1 fully saturated rings. The van der Waals surface area contributed by atoms with Crippen LogP contribution in [0.25, 0.3) is 0 Å². The van der Waals surface area contributed by atoms with E-state index in [9.17, 15) is 4.79 Å². The molecule has 0 spiro atoms. The fourth-order valence-electron chi connectivity index (χ4n) is 2.84. The average Bonchev–Trinajstić information content (AvgIpc) is 3.16.